The van der Waals surface area contributed by atoms with Gasteiger partial charge in [0.25, 0.3) is 0 Å². The zero-order valence-electron chi connectivity index (χ0n) is 12.3. The minimum absolute atomic E-state index is 0.225. The number of rotatable bonds is 5. The predicted octanol–water partition coefficient (Wildman–Crippen LogP) is 3.40. The van der Waals surface area contributed by atoms with Crippen LogP contribution in [0.15, 0.2) is 24.3 Å². The zero-order chi connectivity index (χ0) is 14.0. The van der Waals surface area contributed by atoms with Gasteiger partial charge in [-0.1, -0.05) is 32.9 Å². The number of fused-ring (bicyclic) bond motifs is 1. The van der Waals surface area contributed by atoms with Gasteiger partial charge in [-0.3, -0.25) is 0 Å². The van der Waals surface area contributed by atoms with Gasteiger partial charge in [0.1, 0.15) is 5.82 Å². The number of benzene rings is 1. The molecule has 3 nitrogen and oxygen atoms in total. The predicted molar refractivity (Wildman–Crippen MR) is 79.2 cm³/mol. The second-order valence-electron chi connectivity index (χ2n) is 5.55. The van der Waals surface area contributed by atoms with Crippen LogP contribution in [0.25, 0.3) is 11.0 Å². The van der Waals surface area contributed by atoms with Crippen LogP contribution in [0, 0.1) is 5.92 Å². The average Bonchev–Trinajstić information content (AvgIpc) is 2.75. The lowest BCUT2D eigenvalue weighted by Crippen LogP contribution is -2.37. The Morgan fingerprint density at radius 2 is 1.95 bits per heavy atom. The first-order chi connectivity index (χ1) is 9.01. The molecule has 0 saturated heterocycles. The van der Waals surface area contributed by atoms with Crippen molar-refractivity contribution in [1.82, 2.24) is 9.55 Å². The molecule has 0 spiro atoms. The zero-order valence-corrected chi connectivity index (χ0v) is 12.3. The molecule has 1 atom stereocenters. The molecule has 0 saturated carbocycles. The summed E-state index contributed by atoms with van der Waals surface area (Å²) in [6, 6.07) is 8.17. The van der Waals surface area contributed by atoms with Gasteiger partial charge in [0.05, 0.1) is 16.6 Å². The first-order valence-electron chi connectivity index (χ1n) is 7.18. The van der Waals surface area contributed by atoms with Crippen molar-refractivity contribution in [3.05, 3.63) is 30.1 Å². The average molecular weight is 260 g/mol. The lowest BCUT2D eigenvalue weighted by molar-refractivity contribution is -0.0105. The molecular weight excluding hydrogens is 236 g/mol. The number of imidazole rings is 1. The SMILES string of the molecule is CCn1c(CC(O)(CC)C(C)C)nc2ccccc21. The molecule has 1 unspecified atom stereocenters. The number of para-hydroxylation sites is 2. The monoisotopic (exact) mass is 260 g/mol. The van der Waals surface area contributed by atoms with Crippen molar-refractivity contribution in [2.45, 2.75) is 52.7 Å². The highest BCUT2D eigenvalue weighted by molar-refractivity contribution is 5.75. The van der Waals surface area contributed by atoms with E-state index in [9.17, 15) is 5.11 Å². The number of hydrogen-bond acceptors (Lipinski definition) is 2. The van der Waals surface area contributed by atoms with E-state index in [1.165, 1.54) is 0 Å². The van der Waals surface area contributed by atoms with E-state index in [1.807, 2.05) is 25.1 Å². The van der Waals surface area contributed by atoms with Gasteiger partial charge in [0.2, 0.25) is 0 Å². The Morgan fingerprint density at radius 3 is 2.53 bits per heavy atom. The van der Waals surface area contributed by atoms with E-state index in [1.54, 1.807) is 0 Å². The third kappa shape index (κ3) is 2.52. The molecule has 0 aliphatic heterocycles. The summed E-state index contributed by atoms with van der Waals surface area (Å²) < 4.78 is 2.21. The van der Waals surface area contributed by atoms with Crippen LogP contribution >= 0.6 is 0 Å². The first kappa shape index (κ1) is 14.1. The molecule has 3 heteroatoms. The summed E-state index contributed by atoms with van der Waals surface area (Å²) in [6.07, 6.45) is 1.36. The molecule has 0 fully saturated rings. The second-order valence-corrected chi connectivity index (χ2v) is 5.55. The smallest absolute Gasteiger partial charge is 0.112 e. The topological polar surface area (TPSA) is 38.0 Å². The van der Waals surface area contributed by atoms with E-state index in [2.05, 4.69) is 31.4 Å². The van der Waals surface area contributed by atoms with Crippen molar-refractivity contribution in [2.24, 2.45) is 5.92 Å². The minimum Gasteiger partial charge on any atom is -0.389 e. The summed E-state index contributed by atoms with van der Waals surface area (Å²) in [7, 11) is 0. The summed E-state index contributed by atoms with van der Waals surface area (Å²) in [6.45, 7) is 9.19. The fraction of sp³-hybridized carbons (Fsp3) is 0.562. The van der Waals surface area contributed by atoms with E-state index < -0.39 is 5.60 Å². The van der Waals surface area contributed by atoms with Crippen molar-refractivity contribution in [3.63, 3.8) is 0 Å². The number of aromatic nitrogens is 2. The molecule has 1 aromatic heterocycles. The largest absolute Gasteiger partial charge is 0.389 e. The molecular formula is C16H24N2O. The van der Waals surface area contributed by atoms with E-state index in [-0.39, 0.29) is 5.92 Å². The third-order valence-corrected chi connectivity index (χ3v) is 4.20. The summed E-state index contributed by atoms with van der Waals surface area (Å²) in [5, 5.41) is 10.7. The maximum absolute atomic E-state index is 10.7. The standard InChI is InChI=1S/C16H24N2O/c1-5-16(19,12(3)4)11-15-17-13-9-7-8-10-14(13)18(15)6-2/h7-10,12,19H,5-6,11H2,1-4H3. The summed E-state index contributed by atoms with van der Waals surface area (Å²) in [4.78, 5) is 4.70. The van der Waals surface area contributed by atoms with Crippen LogP contribution < -0.4 is 0 Å². The highest BCUT2D eigenvalue weighted by Gasteiger charge is 2.31. The van der Waals surface area contributed by atoms with Crippen molar-refractivity contribution in [3.8, 4) is 0 Å². The highest BCUT2D eigenvalue weighted by atomic mass is 16.3. The lowest BCUT2D eigenvalue weighted by atomic mass is 9.84. The van der Waals surface area contributed by atoms with Crippen LogP contribution in [0.5, 0.6) is 0 Å². The number of nitrogens with zero attached hydrogens (tertiary/aromatic N) is 2. The number of aliphatic hydroxyl groups is 1. The first-order valence-corrected chi connectivity index (χ1v) is 7.18. The van der Waals surface area contributed by atoms with Gasteiger partial charge in [0.15, 0.2) is 0 Å². The normalized spacial score (nSPS) is 15.1. The van der Waals surface area contributed by atoms with Crippen LogP contribution in [0.3, 0.4) is 0 Å². The van der Waals surface area contributed by atoms with Crippen LogP contribution in [0.1, 0.15) is 39.9 Å². The van der Waals surface area contributed by atoms with Crippen molar-refractivity contribution < 1.29 is 5.11 Å². The fourth-order valence-electron chi connectivity index (χ4n) is 2.62. The molecule has 19 heavy (non-hydrogen) atoms. The second kappa shape index (κ2) is 5.33. The fourth-order valence-corrected chi connectivity index (χ4v) is 2.62. The molecule has 0 amide bonds. The Kier molecular flexibility index (Phi) is 3.95. The van der Waals surface area contributed by atoms with Crippen LogP contribution in [-0.2, 0) is 13.0 Å². The third-order valence-electron chi connectivity index (χ3n) is 4.20. The van der Waals surface area contributed by atoms with Gasteiger partial charge in [-0.05, 0) is 31.4 Å². The van der Waals surface area contributed by atoms with Crippen molar-refractivity contribution >= 4 is 11.0 Å². The van der Waals surface area contributed by atoms with Crippen molar-refractivity contribution in [1.29, 1.82) is 0 Å². The van der Waals surface area contributed by atoms with Gasteiger partial charge in [-0.25, -0.2) is 4.98 Å². The van der Waals surface area contributed by atoms with Crippen LogP contribution in [0.4, 0.5) is 0 Å². The van der Waals surface area contributed by atoms with Crippen molar-refractivity contribution in [2.75, 3.05) is 0 Å². The Morgan fingerprint density at radius 1 is 1.26 bits per heavy atom. The minimum atomic E-state index is -0.672. The molecule has 0 aliphatic carbocycles. The molecule has 2 aromatic rings. The van der Waals surface area contributed by atoms with Crippen LogP contribution in [0.2, 0.25) is 0 Å². The quantitative estimate of drug-likeness (QED) is 0.894. The van der Waals surface area contributed by atoms with Gasteiger partial charge in [-0.2, -0.15) is 0 Å². The van der Waals surface area contributed by atoms with E-state index in [0.29, 0.717) is 6.42 Å². The Labute approximate surface area is 115 Å². The summed E-state index contributed by atoms with van der Waals surface area (Å²) >= 11 is 0. The molecule has 2 rings (SSSR count). The number of hydrogen-bond donors (Lipinski definition) is 1. The van der Waals surface area contributed by atoms with Gasteiger partial charge < -0.3 is 9.67 Å². The van der Waals surface area contributed by atoms with E-state index in [0.717, 1.165) is 29.8 Å². The van der Waals surface area contributed by atoms with Gasteiger partial charge in [0, 0.05) is 13.0 Å². The maximum atomic E-state index is 10.7. The molecule has 0 radical (unpaired) electrons. The summed E-state index contributed by atoms with van der Waals surface area (Å²) in [5.74, 6) is 1.21. The molecule has 1 heterocycles. The van der Waals surface area contributed by atoms with Gasteiger partial charge in [-0.15, -0.1) is 0 Å². The maximum Gasteiger partial charge on any atom is 0.112 e. The van der Waals surface area contributed by atoms with E-state index >= 15 is 0 Å². The summed E-state index contributed by atoms with van der Waals surface area (Å²) in [5.41, 5.74) is 1.50. The molecule has 1 aromatic carbocycles. The lowest BCUT2D eigenvalue weighted by Gasteiger charge is -2.30. The molecule has 0 aliphatic rings. The molecule has 0 bridgehead atoms. The van der Waals surface area contributed by atoms with Gasteiger partial charge >= 0.3 is 0 Å². The Bertz CT molecular complexity index is 559. The molecule has 104 valence electrons. The highest BCUT2D eigenvalue weighted by Crippen LogP contribution is 2.27. The Hall–Kier alpha value is -1.35. The van der Waals surface area contributed by atoms with Crippen LogP contribution in [-0.4, -0.2) is 20.3 Å². The molecule has 1 N–H and O–H groups in total. The Balaban J connectivity index is 2.45. The van der Waals surface area contributed by atoms with E-state index in [4.69, 9.17) is 4.98 Å². The number of aryl methyl sites for hydroxylation is 1.